The van der Waals surface area contributed by atoms with Crippen LogP contribution in [0, 0.1) is 6.92 Å². The fourth-order valence-corrected chi connectivity index (χ4v) is 2.58. The number of nitrogens with zero attached hydrogens (tertiary/aromatic N) is 2. The molecular weight excluding hydrogens is 340 g/mol. The number of nitrogens with one attached hydrogen (secondary N) is 2. The Morgan fingerprint density at radius 1 is 1.00 bits per heavy atom. The predicted molar refractivity (Wildman–Crippen MR) is 104 cm³/mol. The monoisotopic (exact) mass is 360 g/mol. The molecule has 6 nitrogen and oxygen atoms in total. The van der Waals surface area contributed by atoms with Crippen molar-refractivity contribution < 1.29 is 9.59 Å². The van der Waals surface area contributed by atoms with Gasteiger partial charge in [0.2, 0.25) is 5.91 Å². The number of benzene rings is 2. The van der Waals surface area contributed by atoms with Gasteiger partial charge in [0.25, 0.3) is 5.91 Å². The molecule has 1 aromatic heterocycles. The van der Waals surface area contributed by atoms with Gasteiger partial charge in [0.1, 0.15) is 5.82 Å². The lowest BCUT2D eigenvalue weighted by Crippen LogP contribution is -2.27. The number of aryl methyl sites for hydroxylation is 1. The van der Waals surface area contributed by atoms with Gasteiger partial charge < -0.3 is 10.6 Å². The molecule has 136 valence electrons. The Kier molecular flexibility index (Phi) is 5.89. The lowest BCUT2D eigenvalue weighted by atomic mass is 10.1. The van der Waals surface area contributed by atoms with Crippen molar-refractivity contribution >= 4 is 17.5 Å². The molecule has 2 amide bonds. The summed E-state index contributed by atoms with van der Waals surface area (Å²) in [5, 5.41) is 5.59. The zero-order valence-corrected chi connectivity index (χ0v) is 15.0. The molecule has 0 saturated carbocycles. The van der Waals surface area contributed by atoms with Crippen LogP contribution in [0.15, 0.2) is 66.9 Å². The molecule has 0 bridgehead atoms. The van der Waals surface area contributed by atoms with Crippen molar-refractivity contribution in [1.82, 2.24) is 15.3 Å². The maximum absolute atomic E-state index is 12.1. The van der Waals surface area contributed by atoms with Gasteiger partial charge in [0.15, 0.2) is 0 Å². The van der Waals surface area contributed by atoms with E-state index in [1.54, 1.807) is 30.5 Å². The zero-order valence-electron chi connectivity index (χ0n) is 15.0. The standard InChI is InChI=1S/C21H20N4O2/c1-15-22-12-10-19(24-15)17-8-5-9-18(14-17)25-20(26)11-13-23-21(27)16-6-3-2-4-7-16/h2-10,12,14H,11,13H2,1H3,(H,23,27)(H,25,26). The summed E-state index contributed by atoms with van der Waals surface area (Å²) in [6.45, 7) is 2.10. The lowest BCUT2D eigenvalue weighted by Gasteiger charge is -2.08. The minimum Gasteiger partial charge on any atom is -0.352 e. The van der Waals surface area contributed by atoms with Crippen LogP contribution in [0.1, 0.15) is 22.6 Å². The number of anilines is 1. The molecule has 0 spiro atoms. The second kappa shape index (κ2) is 8.71. The largest absolute Gasteiger partial charge is 0.352 e. The summed E-state index contributed by atoms with van der Waals surface area (Å²) in [7, 11) is 0. The number of carbonyl (C=O) groups is 2. The summed E-state index contributed by atoms with van der Waals surface area (Å²) < 4.78 is 0. The van der Waals surface area contributed by atoms with Gasteiger partial charge in [0, 0.05) is 36.0 Å². The molecule has 0 aliphatic carbocycles. The third-order valence-electron chi connectivity index (χ3n) is 3.89. The number of carbonyl (C=O) groups excluding carboxylic acids is 2. The van der Waals surface area contributed by atoms with Crippen LogP contribution in [0.5, 0.6) is 0 Å². The van der Waals surface area contributed by atoms with Crippen LogP contribution in [0.25, 0.3) is 11.3 Å². The predicted octanol–water partition coefficient (Wildman–Crippen LogP) is 3.21. The van der Waals surface area contributed by atoms with Gasteiger partial charge in [0.05, 0.1) is 5.69 Å². The van der Waals surface area contributed by atoms with E-state index in [1.165, 1.54) is 0 Å². The van der Waals surface area contributed by atoms with E-state index in [9.17, 15) is 9.59 Å². The van der Waals surface area contributed by atoms with Crippen LogP contribution in [0.2, 0.25) is 0 Å². The van der Waals surface area contributed by atoms with Crippen LogP contribution in [-0.2, 0) is 4.79 Å². The molecule has 2 N–H and O–H groups in total. The normalized spacial score (nSPS) is 10.3. The highest BCUT2D eigenvalue weighted by Gasteiger charge is 2.07. The van der Waals surface area contributed by atoms with Gasteiger partial charge in [-0.2, -0.15) is 0 Å². The van der Waals surface area contributed by atoms with Crippen molar-refractivity contribution in [3.63, 3.8) is 0 Å². The van der Waals surface area contributed by atoms with Gasteiger partial charge in [-0.1, -0.05) is 30.3 Å². The first-order chi connectivity index (χ1) is 13.1. The summed E-state index contributed by atoms with van der Waals surface area (Å²) in [6, 6.07) is 18.2. The number of aromatic nitrogens is 2. The third-order valence-corrected chi connectivity index (χ3v) is 3.89. The average molecular weight is 360 g/mol. The van der Waals surface area contributed by atoms with E-state index in [-0.39, 0.29) is 24.8 Å². The fourth-order valence-electron chi connectivity index (χ4n) is 2.58. The molecule has 0 atom stereocenters. The number of amides is 2. The SMILES string of the molecule is Cc1nccc(-c2cccc(NC(=O)CCNC(=O)c3ccccc3)c2)n1. The van der Waals surface area contributed by atoms with Gasteiger partial charge >= 0.3 is 0 Å². The molecule has 0 unspecified atom stereocenters. The Labute approximate surface area is 157 Å². The van der Waals surface area contributed by atoms with Crippen molar-refractivity contribution in [1.29, 1.82) is 0 Å². The minimum atomic E-state index is -0.190. The molecule has 0 radical (unpaired) electrons. The molecule has 27 heavy (non-hydrogen) atoms. The van der Waals surface area contributed by atoms with Crippen LogP contribution in [0.4, 0.5) is 5.69 Å². The third kappa shape index (κ3) is 5.22. The molecule has 0 saturated heterocycles. The summed E-state index contributed by atoms with van der Waals surface area (Å²) in [4.78, 5) is 32.6. The lowest BCUT2D eigenvalue weighted by molar-refractivity contribution is -0.116. The fraction of sp³-hybridized carbons (Fsp3) is 0.143. The minimum absolute atomic E-state index is 0.167. The van der Waals surface area contributed by atoms with Gasteiger partial charge in [-0.05, 0) is 37.3 Å². The van der Waals surface area contributed by atoms with Crippen LogP contribution >= 0.6 is 0 Å². The first-order valence-corrected chi connectivity index (χ1v) is 8.65. The van der Waals surface area contributed by atoms with E-state index >= 15 is 0 Å². The second-order valence-corrected chi connectivity index (χ2v) is 5.99. The molecular formula is C21H20N4O2. The number of hydrogen-bond donors (Lipinski definition) is 2. The maximum Gasteiger partial charge on any atom is 0.251 e. The Bertz CT molecular complexity index is 942. The Morgan fingerprint density at radius 2 is 1.81 bits per heavy atom. The quantitative estimate of drug-likeness (QED) is 0.707. The number of hydrogen-bond acceptors (Lipinski definition) is 4. The van der Waals surface area contributed by atoms with Crippen LogP contribution in [0.3, 0.4) is 0 Å². The summed E-state index contributed by atoms with van der Waals surface area (Å²) in [5.41, 5.74) is 2.96. The average Bonchev–Trinajstić information content (AvgIpc) is 2.69. The van der Waals surface area contributed by atoms with Gasteiger partial charge in [-0.15, -0.1) is 0 Å². The summed E-state index contributed by atoms with van der Waals surface area (Å²) in [5.74, 6) is 0.333. The smallest absolute Gasteiger partial charge is 0.251 e. The van der Waals surface area contributed by atoms with Crippen molar-refractivity contribution in [2.45, 2.75) is 13.3 Å². The van der Waals surface area contributed by atoms with Crippen molar-refractivity contribution in [3.8, 4) is 11.3 Å². The van der Waals surface area contributed by atoms with E-state index in [0.717, 1.165) is 11.3 Å². The first kappa shape index (κ1) is 18.3. The van der Waals surface area contributed by atoms with Crippen molar-refractivity contribution in [2.24, 2.45) is 0 Å². The molecule has 6 heteroatoms. The summed E-state index contributed by atoms with van der Waals surface area (Å²) >= 11 is 0. The molecule has 0 fully saturated rings. The maximum atomic E-state index is 12.1. The van der Waals surface area contributed by atoms with E-state index in [1.807, 2.05) is 43.3 Å². The van der Waals surface area contributed by atoms with Crippen LogP contribution in [-0.4, -0.2) is 28.3 Å². The molecule has 3 aromatic rings. The van der Waals surface area contributed by atoms with E-state index < -0.39 is 0 Å². The topological polar surface area (TPSA) is 84.0 Å². The number of rotatable bonds is 6. The highest BCUT2D eigenvalue weighted by Crippen LogP contribution is 2.20. The first-order valence-electron chi connectivity index (χ1n) is 8.65. The Hall–Kier alpha value is -3.54. The van der Waals surface area contributed by atoms with E-state index in [2.05, 4.69) is 20.6 Å². The molecule has 2 aromatic carbocycles. The van der Waals surface area contributed by atoms with Crippen molar-refractivity contribution in [2.75, 3.05) is 11.9 Å². The molecule has 0 aliphatic heterocycles. The van der Waals surface area contributed by atoms with Gasteiger partial charge in [-0.3, -0.25) is 9.59 Å². The van der Waals surface area contributed by atoms with Crippen LogP contribution < -0.4 is 10.6 Å². The van der Waals surface area contributed by atoms with E-state index in [4.69, 9.17) is 0 Å². The highest BCUT2D eigenvalue weighted by atomic mass is 16.2. The van der Waals surface area contributed by atoms with Crippen molar-refractivity contribution in [3.05, 3.63) is 78.2 Å². The Morgan fingerprint density at radius 3 is 2.59 bits per heavy atom. The summed E-state index contributed by atoms with van der Waals surface area (Å²) in [6.07, 6.45) is 1.90. The molecule has 3 rings (SSSR count). The molecule has 1 heterocycles. The second-order valence-electron chi connectivity index (χ2n) is 5.99. The Balaban J connectivity index is 1.54. The highest BCUT2D eigenvalue weighted by molar-refractivity contribution is 5.95. The van der Waals surface area contributed by atoms with E-state index in [0.29, 0.717) is 17.1 Å². The zero-order chi connectivity index (χ0) is 19.1. The van der Waals surface area contributed by atoms with Gasteiger partial charge in [-0.25, -0.2) is 9.97 Å². The molecule has 0 aliphatic rings.